The van der Waals surface area contributed by atoms with Gasteiger partial charge in [-0.15, -0.1) is 0 Å². The minimum absolute atomic E-state index is 0.0278. The van der Waals surface area contributed by atoms with Gasteiger partial charge >= 0.3 is 5.97 Å². The van der Waals surface area contributed by atoms with Crippen molar-refractivity contribution in [3.8, 4) is 0 Å². The van der Waals surface area contributed by atoms with Crippen LogP contribution in [0.2, 0.25) is 0 Å². The Hall–Kier alpha value is -0.790. The molecule has 0 aromatic rings. The maximum absolute atomic E-state index is 10.3. The van der Waals surface area contributed by atoms with Crippen molar-refractivity contribution in [2.75, 3.05) is 0 Å². The van der Waals surface area contributed by atoms with Crippen LogP contribution in [0.25, 0.3) is 0 Å². The number of ether oxygens (including phenoxy) is 1. The van der Waals surface area contributed by atoms with Gasteiger partial charge in [-0.25, -0.2) is 0 Å². The van der Waals surface area contributed by atoms with Crippen LogP contribution >= 0.6 is 0 Å². The Balaban J connectivity index is 2.62. The largest absolute Gasteiger partial charge is 0.434 e. The maximum Gasteiger partial charge on any atom is 0.317 e. The second-order valence-electron chi connectivity index (χ2n) is 1.55. The zero-order valence-electron chi connectivity index (χ0n) is 4.05. The number of carbonyl (C=O) groups is 1. The van der Waals surface area contributed by atoms with E-state index in [1.165, 1.54) is 6.26 Å². The molecule has 0 aromatic heterocycles. The molecule has 1 aliphatic rings. The zero-order valence-corrected chi connectivity index (χ0v) is 4.05. The SMILES string of the molecule is CC1C=COC1=O. The van der Waals surface area contributed by atoms with E-state index in [4.69, 9.17) is 0 Å². The topological polar surface area (TPSA) is 26.3 Å². The van der Waals surface area contributed by atoms with Crippen molar-refractivity contribution in [2.45, 2.75) is 6.92 Å². The van der Waals surface area contributed by atoms with E-state index in [9.17, 15) is 4.79 Å². The number of hydrogen-bond donors (Lipinski definition) is 0. The normalized spacial score (nSPS) is 28.1. The molecule has 38 valence electrons. The molecule has 0 radical (unpaired) electrons. The molecule has 1 unspecified atom stereocenters. The predicted molar refractivity (Wildman–Crippen MR) is 24.4 cm³/mol. The van der Waals surface area contributed by atoms with Gasteiger partial charge in [-0.05, 0) is 13.0 Å². The molecule has 2 heteroatoms. The number of esters is 1. The van der Waals surface area contributed by atoms with E-state index in [2.05, 4.69) is 4.74 Å². The van der Waals surface area contributed by atoms with Gasteiger partial charge in [0.25, 0.3) is 0 Å². The molecule has 0 saturated carbocycles. The monoisotopic (exact) mass is 98.0 g/mol. The predicted octanol–water partition coefficient (Wildman–Crippen LogP) is 0.693. The lowest BCUT2D eigenvalue weighted by Crippen LogP contribution is -2.01. The van der Waals surface area contributed by atoms with Crippen LogP contribution in [0.1, 0.15) is 6.92 Å². The Morgan fingerprint density at radius 3 is 2.71 bits per heavy atom. The van der Waals surface area contributed by atoms with Gasteiger partial charge in [0, 0.05) is 0 Å². The molecule has 0 saturated heterocycles. The summed E-state index contributed by atoms with van der Waals surface area (Å²) >= 11 is 0. The molecule has 0 N–H and O–H groups in total. The Labute approximate surface area is 41.8 Å². The number of carbonyl (C=O) groups excluding carboxylic acids is 1. The molecule has 0 aliphatic carbocycles. The van der Waals surface area contributed by atoms with Gasteiger partial charge in [-0.1, -0.05) is 0 Å². The van der Waals surface area contributed by atoms with Crippen LogP contribution in [0.4, 0.5) is 0 Å². The van der Waals surface area contributed by atoms with Gasteiger partial charge in [0.15, 0.2) is 0 Å². The van der Waals surface area contributed by atoms with E-state index in [0.29, 0.717) is 0 Å². The van der Waals surface area contributed by atoms with Crippen molar-refractivity contribution in [1.82, 2.24) is 0 Å². The molecule has 1 atom stereocenters. The summed E-state index contributed by atoms with van der Waals surface area (Å²) in [6.45, 7) is 1.80. The molecule has 0 bridgehead atoms. The Morgan fingerprint density at radius 1 is 1.86 bits per heavy atom. The highest BCUT2D eigenvalue weighted by Gasteiger charge is 2.14. The van der Waals surface area contributed by atoms with E-state index < -0.39 is 0 Å². The Kier molecular flexibility index (Phi) is 0.855. The highest BCUT2D eigenvalue weighted by atomic mass is 16.5. The lowest BCUT2D eigenvalue weighted by molar-refractivity contribution is -0.138. The molecule has 1 heterocycles. The van der Waals surface area contributed by atoms with Gasteiger partial charge < -0.3 is 4.74 Å². The van der Waals surface area contributed by atoms with E-state index in [-0.39, 0.29) is 11.9 Å². The molecular weight excluding hydrogens is 92.1 g/mol. The fourth-order valence-electron chi connectivity index (χ4n) is 0.410. The summed E-state index contributed by atoms with van der Waals surface area (Å²) < 4.78 is 4.45. The van der Waals surface area contributed by atoms with Crippen LogP contribution in [0, 0.1) is 5.92 Å². The second-order valence-corrected chi connectivity index (χ2v) is 1.55. The third-order valence-corrected chi connectivity index (χ3v) is 0.923. The first-order chi connectivity index (χ1) is 3.30. The molecule has 7 heavy (non-hydrogen) atoms. The van der Waals surface area contributed by atoms with Crippen LogP contribution in [-0.2, 0) is 9.53 Å². The van der Waals surface area contributed by atoms with E-state index >= 15 is 0 Å². The summed E-state index contributed by atoms with van der Waals surface area (Å²) in [6, 6.07) is 0. The molecule has 0 amide bonds. The number of hydrogen-bond acceptors (Lipinski definition) is 2. The molecule has 2 nitrogen and oxygen atoms in total. The van der Waals surface area contributed by atoms with Gasteiger partial charge in [0.1, 0.15) is 0 Å². The third kappa shape index (κ3) is 0.633. The molecule has 1 rings (SSSR count). The summed E-state index contributed by atoms with van der Waals surface area (Å²) in [6.07, 6.45) is 3.15. The molecule has 1 aliphatic heterocycles. The zero-order chi connectivity index (χ0) is 5.28. The molecule has 0 spiro atoms. The average Bonchev–Trinajstić information content (AvgIpc) is 1.91. The van der Waals surface area contributed by atoms with Crippen molar-refractivity contribution < 1.29 is 9.53 Å². The van der Waals surface area contributed by atoms with Gasteiger partial charge in [0.05, 0.1) is 12.2 Å². The van der Waals surface area contributed by atoms with Crippen molar-refractivity contribution >= 4 is 5.97 Å². The van der Waals surface area contributed by atoms with E-state index in [0.717, 1.165) is 0 Å². The Bertz CT molecular complexity index is 115. The minimum Gasteiger partial charge on any atom is -0.434 e. The Morgan fingerprint density at radius 2 is 2.57 bits per heavy atom. The van der Waals surface area contributed by atoms with Crippen LogP contribution in [-0.4, -0.2) is 5.97 Å². The fourth-order valence-corrected chi connectivity index (χ4v) is 0.410. The first kappa shape index (κ1) is 4.37. The average molecular weight is 98.1 g/mol. The summed E-state index contributed by atoms with van der Waals surface area (Å²) in [4.78, 5) is 10.3. The van der Waals surface area contributed by atoms with Crippen LogP contribution in [0.15, 0.2) is 12.3 Å². The highest BCUT2D eigenvalue weighted by Crippen LogP contribution is 2.07. The smallest absolute Gasteiger partial charge is 0.317 e. The van der Waals surface area contributed by atoms with Crippen LogP contribution in [0.3, 0.4) is 0 Å². The first-order valence-corrected chi connectivity index (χ1v) is 2.18. The quantitative estimate of drug-likeness (QED) is 0.417. The standard InChI is InChI=1S/C5H6O2/c1-4-2-3-7-5(4)6/h2-4H,1H3. The first-order valence-electron chi connectivity index (χ1n) is 2.18. The van der Waals surface area contributed by atoms with E-state index in [1.54, 1.807) is 13.0 Å². The van der Waals surface area contributed by atoms with Gasteiger partial charge in [-0.3, -0.25) is 4.79 Å². The van der Waals surface area contributed by atoms with Crippen molar-refractivity contribution in [3.05, 3.63) is 12.3 Å². The number of cyclic esters (lactones) is 1. The summed E-state index contributed by atoms with van der Waals surface area (Å²) in [5.74, 6) is -0.181. The lowest BCUT2D eigenvalue weighted by Gasteiger charge is -1.89. The van der Waals surface area contributed by atoms with Gasteiger partial charge in [0.2, 0.25) is 0 Å². The molecular formula is C5H6O2. The second kappa shape index (κ2) is 1.37. The number of rotatable bonds is 0. The van der Waals surface area contributed by atoms with Crippen LogP contribution in [0.5, 0.6) is 0 Å². The highest BCUT2D eigenvalue weighted by molar-refractivity contribution is 5.76. The molecule has 0 fully saturated rings. The van der Waals surface area contributed by atoms with Gasteiger partial charge in [-0.2, -0.15) is 0 Å². The maximum atomic E-state index is 10.3. The van der Waals surface area contributed by atoms with Crippen molar-refractivity contribution in [1.29, 1.82) is 0 Å². The summed E-state index contributed by atoms with van der Waals surface area (Å²) in [5, 5.41) is 0. The fraction of sp³-hybridized carbons (Fsp3) is 0.400. The summed E-state index contributed by atoms with van der Waals surface area (Å²) in [7, 11) is 0. The van der Waals surface area contributed by atoms with Crippen molar-refractivity contribution in [3.63, 3.8) is 0 Å². The van der Waals surface area contributed by atoms with E-state index in [1.807, 2.05) is 0 Å². The van der Waals surface area contributed by atoms with Crippen LogP contribution < -0.4 is 0 Å². The third-order valence-electron chi connectivity index (χ3n) is 0.923. The minimum atomic E-state index is -0.153. The summed E-state index contributed by atoms with van der Waals surface area (Å²) in [5.41, 5.74) is 0. The van der Waals surface area contributed by atoms with Crippen molar-refractivity contribution in [2.24, 2.45) is 5.92 Å². The molecule has 0 aromatic carbocycles. The lowest BCUT2D eigenvalue weighted by atomic mass is 10.2.